The maximum Gasteiger partial charge on any atom is 0.313 e. The van der Waals surface area contributed by atoms with Crippen molar-refractivity contribution >= 4 is 33.3 Å². The molecule has 28 heavy (non-hydrogen) atoms. The molecule has 0 N–H and O–H groups in total. The van der Waals surface area contributed by atoms with Gasteiger partial charge in [-0.25, -0.2) is 9.97 Å². The van der Waals surface area contributed by atoms with E-state index in [2.05, 4.69) is 23.6 Å². The molecule has 0 spiro atoms. The molecular weight excluding hydrogens is 376 g/mol. The molecule has 2 fully saturated rings. The summed E-state index contributed by atoms with van der Waals surface area (Å²) in [5.41, 5.74) is 0.745. The number of thiophene rings is 1. The van der Waals surface area contributed by atoms with Gasteiger partial charge in [0.1, 0.15) is 16.5 Å². The maximum absolute atomic E-state index is 12.3. The van der Waals surface area contributed by atoms with E-state index in [1.165, 1.54) is 17.6 Å². The van der Waals surface area contributed by atoms with E-state index in [4.69, 9.17) is 19.4 Å². The highest BCUT2D eigenvalue weighted by Crippen LogP contribution is 2.40. The topological polar surface area (TPSA) is 67.8 Å². The van der Waals surface area contributed by atoms with Gasteiger partial charge in [-0.1, -0.05) is 0 Å². The van der Waals surface area contributed by atoms with Crippen LogP contribution in [0.5, 0.6) is 0 Å². The fourth-order valence-electron chi connectivity index (χ4n) is 4.09. The van der Waals surface area contributed by atoms with Crippen LogP contribution >= 0.6 is 11.3 Å². The Morgan fingerprint density at radius 2 is 2.00 bits per heavy atom. The highest BCUT2D eigenvalue weighted by atomic mass is 32.1. The second kappa shape index (κ2) is 7.57. The number of morpholine rings is 1. The molecule has 2 aliphatic heterocycles. The number of esters is 1. The van der Waals surface area contributed by atoms with Crippen molar-refractivity contribution in [2.24, 2.45) is 5.41 Å². The Hall–Kier alpha value is -1.77. The van der Waals surface area contributed by atoms with E-state index in [0.717, 1.165) is 67.7 Å². The zero-order chi connectivity index (χ0) is 19.9. The van der Waals surface area contributed by atoms with Crippen LogP contribution in [-0.2, 0) is 20.8 Å². The average molecular weight is 405 g/mol. The number of carbonyl (C=O) groups is 1. The predicted octanol–water partition coefficient (Wildman–Crippen LogP) is 2.53. The molecule has 0 aromatic carbocycles. The molecule has 2 saturated heterocycles. The van der Waals surface area contributed by atoms with Gasteiger partial charge < -0.3 is 14.4 Å². The van der Waals surface area contributed by atoms with E-state index >= 15 is 0 Å². The van der Waals surface area contributed by atoms with Gasteiger partial charge in [0.05, 0.1) is 37.7 Å². The number of hydrogen-bond acceptors (Lipinski definition) is 8. The number of hydrogen-bond donors (Lipinski definition) is 0. The molecule has 0 saturated carbocycles. The smallest absolute Gasteiger partial charge is 0.313 e. The molecule has 2 aromatic heterocycles. The van der Waals surface area contributed by atoms with E-state index in [-0.39, 0.29) is 5.97 Å². The summed E-state index contributed by atoms with van der Waals surface area (Å²) in [6, 6.07) is 0. The molecule has 0 radical (unpaired) electrons. The maximum atomic E-state index is 12.3. The Morgan fingerprint density at radius 1 is 1.25 bits per heavy atom. The summed E-state index contributed by atoms with van der Waals surface area (Å²) >= 11 is 1.73. The van der Waals surface area contributed by atoms with Gasteiger partial charge in [0.25, 0.3) is 0 Å². The fourth-order valence-corrected chi connectivity index (χ4v) is 5.13. The van der Waals surface area contributed by atoms with Crippen LogP contribution in [0.1, 0.15) is 29.6 Å². The largest absolute Gasteiger partial charge is 0.469 e. The molecule has 152 valence electrons. The van der Waals surface area contributed by atoms with E-state index in [1.807, 2.05) is 6.92 Å². The van der Waals surface area contributed by atoms with E-state index in [1.54, 1.807) is 11.3 Å². The average Bonchev–Trinajstić information content (AvgIpc) is 3.22. The second-order valence-corrected chi connectivity index (χ2v) is 9.24. The van der Waals surface area contributed by atoms with Crippen molar-refractivity contribution < 1.29 is 14.3 Å². The van der Waals surface area contributed by atoms with Gasteiger partial charge >= 0.3 is 5.97 Å². The van der Waals surface area contributed by atoms with E-state index < -0.39 is 5.41 Å². The SMILES string of the molecule is COC(=O)C1(C)CCN(c2nc(CN3CCOCC3)nc3sc(C)c(C)c23)C1. The number of fused-ring (bicyclic) bond motifs is 1. The Bertz CT molecular complexity index is 893. The zero-order valence-electron chi connectivity index (χ0n) is 17.1. The van der Waals surface area contributed by atoms with Gasteiger partial charge in [-0.15, -0.1) is 11.3 Å². The first kappa shape index (κ1) is 19.5. The van der Waals surface area contributed by atoms with Crippen LogP contribution in [0.15, 0.2) is 0 Å². The molecular formula is C20H28N4O3S. The van der Waals surface area contributed by atoms with Gasteiger partial charge in [0.2, 0.25) is 0 Å². The second-order valence-electron chi connectivity index (χ2n) is 8.04. The van der Waals surface area contributed by atoms with Crippen molar-refractivity contribution in [3.63, 3.8) is 0 Å². The van der Waals surface area contributed by atoms with Gasteiger partial charge in [-0.3, -0.25) is 9.69 Å². The molecule has 0 bridgehead atoms. The lowest BCUT2D eigenvalue weighted by Gasteiger charge is -2.27. The summed E-state index contributed by atoms with van der Waals surface area (Å²) < 4.78 is 10.5. The number of aromatic nitrogens is 2. The van der Waals surface area contributed by atoms with Crippen LogP contribution in [-0.4, -0.2) is 67.3 Å². The molecule has 0 amide bonds. The fraction of sp³-hybridized carbons (Fsp3) is 0.650. The molecule has 4 heterocycles. The van der Waals surface area contributed by atoms with Crippen LogP contribution in [0.2, 0.25) is 0 Å². The zero-order valence-corrected chi connectivity index (χ0v) is 17.9. The number of aryl methyl sites for hydroxylation is 2. The summed E-state index contributed by atoms with van der Waals surface area (Å²) in [5, 5.41) is 1.13. The third-order valence-electron chi connectivity index (χ3n) is 5.98. The normalized spacial score (nSPS) is 23.5. The van der Waals surface area contributed by atoms with Gasteiger partial charge in [0.15, 0.2) is 0 Å². The minimum Gasteiger partial charge on any atom is -0.469 e. The van der Waals surface area contributed by atoms with Crippen molar-refractivity contribution in [2.45, 2.75) is 33.7 Å². The number of rotatable bonds is 4. The monoisotopic (exact) mass is 404 g/mol. The standard InChI is InChI=1S/C20H28N4O3S/c1-13-14(2)28-18-16(13)17(24-6-5-20(3,12-24)19(25)26-4)21-15(22-18)11-23-7-9-27-10-8-23/h5-12H2,1-4H3. The quantitative estimate of drug-likeness (QED) is 0.726. The lowest BCUT2D eigenvalue weighted by Crippen LogP contribution is -2.36. The number of ether oxygens (including phenoxy) is 2. The van der Waals surface area contributed by atoms with Crippen LogP contribution in [0.25, 0.3) is 10.2 Å². The van der Waals surface area contributed by atoms with Crippen LogP contribution < -0.4 is 4.90 Å². The summed E-state index contributed by atoms with van der Waals surface area (Å²) in [5.74, 6) is 1.66. The lowest BCUT2D eigenvalue weighted by molar-refractivity contribution is -0.150. The molecule has 2 aromatic rings. The lowest BCUT2D eigenvalue weighted by atomic mass is 9.90. The number of methoxy groups -OCH3 is 1. The molecule has 7 nitrogen and oxygen atoms in total. The van der Waals surface area contributed by atoms with Gasteiger partial charge in [0, 0.05) is 31.1 Å². The van der Waals surface area contributed by atoms with Gasteiger partial charge in [-0.05, 0) is 32.8 Å². The van der Waals surface area contributed by atoms with Crippen molar-refractivity contribution in [3.05, 3.63) is 16.3 Å². The first-order valence-electron chi connectivity index (χ1n) is 9.81. The first-order valence-corrected chi connectivity index (χ1v) is 10.6. The molecule has 1 unspecified atom stereocenters. The summed E-state index contributed by atoms with van der Waals surface area (Å²) in [6.07, 6.45) is 0.770. The summed E-state index contributed by atoms with van der Waals surface area (Å²) in [7, 11) is 1.46. The van der Waals surface area contributed by atoms with E-state index in [9.17, 15) is 4.79 Å². The first-order chi connectivity index (χ1) is 13.4. The predicted molar refractivity (Wildman–Crippen MR) is 110 cm³/mol. The summed E-state index contributed by atoms with van der Waals surface area (Å²) in [6.45, 7) is 11.7. The number of anilines is 1. The van der Waals surface area contributed by atoms with Crippen LogP contribution in [0.3, 0.4) is 0 Å². The Labute approximate surface area is 169 Å². The molecule has 1 atom stereocenters. The molecule has 2 aliphatic rings. The van der Waals surface area contributed by atoms with Crippen molar-refractivity contribution in [1.82, 2.24) is 14.9 Å². The minimum atomic E-state index is -0.491. The Kier molecular flexibility index (Phi) is 5.28. The molecule has 8 heteroatoms. The highest BCUT2D eigenvalue weighted by Gasteiger charge is 2.42. The Balaban J connectivity index is 1.70. The third kappa shape index (κ3) is 3.49. The van der Waals surface area contributed by atoms with E-state index in [0.29, 0.717) is 6.54 Å². The summed E-state index contributed by atoms with van der Waals surface area (Å²) in [4.78, 5) is 29.0. The molecule has 4 rings (SSSR count). The van der Waals surface area contributed by atoms with Crippen LogP contribution in [0, 0.1) is 19.3 Å². The van der Waals surface area contributed by atoms with Crippen molar-refractivity contribution in [2.75, 3.05) is 51.4 Å². The van der Waals surface area contributed by atoms with Crippen molar-refractivity contribution in [1.29, 1.82) is 0 Å². The van der Waals surface area contributed by atoms with Crippen molar-refractivity contribution in [3.8, 4) is 0 Å². The minimum absolute atomic E-state index is 0.146. The highest BCUT2D eigenvalue weighted by molar-refractivity contribution is 7.18. The van der Waals surface area contributed by atoms with Crippen LogP contribution in [0.4, 0.5) is 5.82 Å². The van der Waals surface area contributed by atoms with Gasteiger partial charge in [-0.2, -0.15) is 0 Å². The third-order valence-corrected chi connectivity index (χ3v) is 7.08. The molecule has 0 aliphatic carbocycles. The number of carbonyl (C=O) groups excluding carboxylic acids is 1. The number of nitrogens with zero attached hydrogens (tertiary/aromatic N) is 4. The Morgan fingerprint density at radius 3 is 2.71 bits per heavy atom.